The van der Waals surface area contributed by atoms with Gasteiger partial charge in [0.1, 0.15) is 0 Å². The standard InChI is InChI=1S/C20H34O4PSi/c1-4-10-18-11-6-7-12-19(18)20(13-5-2,25(21,22)23)17(3)16-26-15-9-8-14-24-26/h6-7,11-12,17H,4-5,8-10,13-16H2,1-3H3,(H2,21,22,23). The lowest BCUT2D eigenvalue weighted by Gasteiger charge is -2.42. The summed E-state index contributed by atoms with van der Waals surface area (Å²) in [6.07, 6.45) is 5.37. The maximum atomic E-state index is 12.9. The maximum Gasteiger partial charge on any atom is 0.336 e. The van der Waals surface area contributed by atoms with Crippen molar-refractivity contribution in [2.45, 2.75) is 76.5 Å². The zero-order valence-electron chi connectivity index (χ0n) is 16.4. The number of hydrogen-bond donors (Lipinski definition) is 2. The highest BCUT2D eigenvalue weighted by atomic mass is 31.2. The van der Waals surface area contributed by atoms with Crippen LogP contribution in [0.3, 0.4) is 0 Å². The quantitative estimate of drug-likeness (QED) is 0.441. The van der Waals surface area contributed by atoms with Crippen LogP contribution in [0, 0.1) is 5.92 Å². The van der Waals surface area contributed by atoms with Gasteiger partial charge in [0.25, 0.3) is 0 Å². The SMILES string of the molecule is CCCc1ccccc1C(CCC)(C(C)C[Si]1CCCCO1)P(=O)(O)O. The van der Waals surface area contributed by atoms with Crippen molar-refractivity contribution in [3.8, 4) is 0 Å². The lowest BCUT2D eigenvalue weighted by Crippen LogP contribution is -2.38. The number of rotatable bonds is 9. The highest BCUT2D eigenvalue weighted by Crippen LogP contribution is 2.65. The van der Waals surface area contributed by atoms with Gasteiger partial charge in [0.2, 0.25) is 9.04 Å². The molecule has 1 heterocycles. The van der Waals surface area contributed by atoms with Crippen LogP contribution in [0.2, 0.25) is 12.1 Å². The number of hydrogen-bond acceptors (Lipinski definition) is 2. The predicted octanol–water partition coefficient (Wildman–Crippen LogP) is 5.25. The minimum atomic E-state index is -4.36. The Morgan fingerprint density at radius 2 is 1.96 bits per heavy atom. The third-order valence-electron chi connectivity index (χ3n) is 5.66. The van der Waals surface area contributed by atoms with E-state index in [0.29, 0.717) is 6.42 Å². The normalized spacial score (nSPS) is 19.9. The van der Waals surface area contributed by atoms with E-state index >= 15 is 0 Å². The predicted molar refractivity (Wildman–Crippen MR) is 109 cm³/mol. The zero-order chi connectivity index (χ0) is 19.2. The Morgan fingerprint density at radius 3 is 2.54 bits per heavy atom. The first-order chi connectivity index (χ1) is 12.4. The van der Waals surface area contributed by atoms with Gasteiger partial charge in [0.15, 0.2) is 0 Å². The number of aryl methyl sites for hydroxylation is 1. The van der Waals surface area contributed by atoms with Crippen LogP contribution in [0.25, 0.3) is 0 Å². The van der Waals surface area contributed by atoms with E-state index in [0.717, 1.165) is 55.5 Å². The number of benzene rings is 1. The van der Waals surface area contributed by atoms with Gasteiger partial charge < -0.3 is 14.2 Å². The van der Waals surface area contributed by atoms with Crippen LogP contribution >= 0.6 is 7.60 Å². The fourth-order valence-corrected chi connectivity index (χ4v) is 8.89. The molecule has 26 heavy (non-hydrogen) atoms. The fraction of sp³-hybridized carbons (Fsp3) is 0.700. The van der Waals surface area contributed by atoms with E-state index in [1.165, 1.54) is 6.42 Å². The summed E-state index contributed by atoms with van der Waals surface area (Å²) in [4.78, 5) is 21.2. The summed E-state index contributed by atoms with van der Waals surface area (Å²) < 4.78 is 18.9. The Balaban J connectivity index is 2.49. The van der Waals surface area contributed by atoms with Gasteiger partial charge in [-0.1, -0.05) is 64.3 Å². The molecule has 2 atom stereocenters. The Bertz CT molecular complexity index is 612. The molecule has 0 saturated carbocycles. The second-order valence-corrected chi connectivity index (χ2v) is 11.7. The van der Waals surface area contributed by atoms with Gasteiger partial charge in [0, 0.05) is 6.61 Å². The lowest BCUT2D eigenvalue weighted by molar-refractivity contribution is 0.253. The van der Waals surface area contributed by atoms with E-state index in [1.807, 2.05) is 38.1 Å². The molecular formula is C20H34O4PSi. The lowest BCUT2D eigenvalue weighted by atomic mass is 9.80. The molecule has 147 valence electrons. The summed E-state index contributed by atoms with van der Waals surface area (Å²) in [5.74, 6) is -0.103. The van der Waals surface area contributed by atoms with Crippen LogP contribution in [0.4, 0.5) is 0 Å². The van der Waals surface area contributed by atoms with Crippen molar-refractivity contribution < 1.29 is 18.8 Å². The minimum absolute atomic E-state index is 0.103. The molecule has 0 aliphatic carbocycles. The van der Waals surface area contributed by atoms with Crippen LogP contribution < -0.4 is 0 Å². The molecule has 1 saturated heterocycles. The van der Waals surface area contributed by atoms with Crippen LogP contribution in [-0.2, 0) is 20.6 Å². The molecule has 0 amide bonds. The molecular weight excluding hydrogens is 363 g/mol. The summed E-state index contributed by atoms with van der Waals surface area (Å²) in [6.45, 7) is 6.97. The molecule has 2 rings (SSSR count). The first kappa shape index (κ1) is 21.8. The Kier molecular flexibility index (Phi) is 8.11. The second-order valence-electron chi connectivity index (χ2n) is 7.57. The molecule has 6 heteroatoms. The largest absolute Gasteiger partial charge is 0.417 e. The van der Waals surface area contributed by atoms with Gasteiger partial charge in [-0.25, -0.2) is 0 Å². The van der Waals surface area contributed by atoms with Gasteiger partial charge in [-0.2, -0.15) is 0 Å². The third-order valence-corrected chi connectivity index (χ3v) is 10.2. The average Bonchev–Trinajstić information content (AvgIpc) is 2.60. The molecule has 0 aromatic heterocycles. The smallest absolute Gasteiger partial charge is 0.336 e. The van der Waals surface area contributed by atoms with E-state index in [2.05, 4.69) is 6.92 Å². The van der Waals surface area contributed by atoms with E-state index in [9.17, 15) is 14.4 Å². The van der Waals surface area contributed by atoms with Crippen molar-refractivity contribution in [1.29, 1.82) is 0 Å². The second kappa shape index (κ2) is 9.65. The molecule has 1 aliphatic heterocycles. The van der Waals surface area contributed by atoms with Gasteiger partial charge in [-0.3, -0.25) is 4.57 Å². The first-order valence-electron chi connectivity index (χ1n) is 9.98. The molecule has 1 aromatic rings. The molecule has 0 spiro atoms. The minimum Gasteiger partial charge on any atom is -0.417 e. The van der Waals surface area contributed by atoms with Gasteiger partial charge >= 0.3 is 7.60 Å². The Labute approximate surface area is 160 Å². The van der Waals surface area contributed by atoms with Crippen molar-refractivity contribution in [3.63, 3.8) is 0 Å². The summed E-state index contributed by atoms with van der Waals surface area (Å²) in [5, 5.41) is -1.11. The highest BCUT2D eigenvalue weighted by Gasteiger charge is 2.52. The van der Waals surface area contributed by atoms with E-state index < -0.39 is 21.8 Å². The average molecular weight is 398 g/mol. The first-order valence-corrected chi connectivity index (χ1v) is 13.4. The maximum absolute atomic E-state index is 12.9. The van der Waals surface area contributed by atoms with Crippen molar-refractivity contribution in [2.75, 3.05) is 6.61 Å². The Hall–Kier alpha value is -0.453. The van der Waals surface area contributed by atoms with Crippen molar-refractivity contribution in [2.24, 2.45) is 5.92 Å². The van der Waals surface area contributed by atoms with Crippen LogP contribution in [-0.4, -0.2) is 25.4 Å². The molecule has 4 nitrogen and oxygen atoms in total. The van der Waals surface area contributed by atoms with Crippen molar-refractivity contribution in [3.05, 3.63) is 35.4 Å². The van der Waals surface area contributed by atoms with Crippen LogP contribution in [0.15, 0.2) is 24.3 Å². The van der Waals surface area contributed by atoms with E-state index in [4.69, 9.17) is 4.43 Å². The summed E-state index contributed by atoms with van der Waals surface area (Å²) >= 11 is 0. The van der Waals surface area contributed by atoms with Gasteiger partial charge in [-0.15, -0.1) is 0 Å². The third kappa shape index (κ3) is 4.69. The zero-order valence-corrected chi connectivity index (χ0v) is 18.3. The highest BCUT2D eigenvalue weighted by molar-refractivity contribution is 7.53. The topological polar surface area (TPSA) is 66.8 Å². The molecule has 0 bridgehead atoms. The molecule has 1 aliphatic rings. The molecule has 2 unspecified atom stereocenters. The summed E-state index contributed by atoms with van der Waals surface area (Å²) in [6, 6.07) is 9.79. The fourth-order valence-electron chi connectivity index (χ4n) is 4.43. The summed E-state index contributed by atoms with van der Waals surface area (Å²) in [7, 11) is -5.34. The molecule has 1 fully saturated rings. The molecule has 1 radical (unpaired) electrons. The van der Waals surface area contributed by atoms with E-state index in [1.54, 1.807) is 0 Å². The van der Waals surface area contributed by atoms with Crippen LogP contribution in [0.5, 0.6) is 0 Å². The summed E-state index contributed by atoms with van der Waals surface area (Å²) in [5.41, 5.74) is 1.95. The monoisotopic (exact) mass is 397 g/mol. The van der Waals surface area contributed by atoms with Gasteiger partial charge in [0.05, 0.1) is 5.16 Å². The Morgan fingerprint density at radius 1 is 1.23 bits per heavy atom. The van der Waals surface area contributed by atoms with Crippen molar-refractivity contribution >= 4 is 16.6 Å². The van der Waals surface area contributed by atoms with E-state index in [-0.39, 0.29) is 5.92 Å². The van der Waals surface area contributed by atoms with Crippen LogP contribution in [0.1, 0.15) is 64.0 Å². The van der Waals surface area contributed by atoms with Gasteiger partial charge in [-0.05, 0) is 48.4 Å². The molecule has 2 N–H and O–H groups in total. The molecule has 1 aromatic carbocycles. The van der Waals surface area contributed by atoms with Crippen molar-refractivity contribution in [1.82, 2.24) is 0 Å².